The standard InChI is InChI=1S/C10H17Br2N3/c1-4-15-8(6-13-5-7(2)3)14-9(11)10(15)12/h7,13H,4-6H2,1-3H3. The zero-order valence-corrected chi connectivity index (χ0v) is 12.5. The Morgan fingerprint density at radius 2 is 2.07 bits per heavy atom. The number of hydrogen-bond acceptors (Lipinski definition) is 2. The van der Waals surface area contributed by atoms with Gasteiger partial charge in [0.05, 0.1) is 6.54 Å². The van der Waals surface area contributed by atoms with E-state index in [1.807, 2.05) is 0 Å². The topological polar surface area (TPSA) is 29.9 Å². The van der Waals surface area contributed by atoms with Crippen molar-refractivity contribution >= 4 is 31.9 Å². The van der Waals surface area contributed by atoms with E-state index in [-0.39, 0.29) is 0 Å². The van der Waals surface area contributed by atoms with Crippen LogP contribution in [0.4, 0.5) is 0 Å². The summed E-state index contributed by atoms with van der Waals surface area (Å²) in [6.45, 7) is 9.28. The lowest BCUT2D eigenvalue weighted by atomic mass is 10.2. The molecule has 1 N–H and O–H groups in total. The van der Waals surface area contributed by atoms with Gasteiger partial charge in [0.2, 0.25) is 0 Å². The minimum atomic E-state index is 0.668. The average Bonchev–Trinajstić information content (AvgIpc) is 2.42. The summed E-state index contributed by atoms with van der Waals surface area (Å²) >= 11 is 6.93. The molecule has 0 spiro atoms. The third-order valence-corrected chi connectivity index (χ3v) is 3.99. The summed E-state index contributed by atoms with van der Waals surface area (Å²) in [5.41, 5.74) is 0. The van der Waals surface area contributed by atoms with E-state index in [1.165, 1.54) is 0 Å². The zero-order valence-electron chi connectivity index (χ0n) is 9.35. The molecular weight excluding hydrogens is 322 g/mol. The van der Waals surface area contributed by atoms with Crippen LogP contribution >= 0.6 is 31.9 Å². The highest BCUT2D eigenvalue weighted by Gasteiger charge is 2.11. The Morgan fingerprint density at radius 3 is 2.60 bits per heavy atom. The molecule has 0 unspecified atom stereocenters. The lowest BCUT2D eigenvalue weighted by Gasteiger charge is -2.08. The summed E-state index contributed by atoms with van der Waals surface area (Å²) in [6.07, 6.45) is 0. The normalized spacial score (nSPS) is 11.3. The van der Waals surface area contributed by atoms with Gasteiger partial charge in [-0.05, 0) is 51.2 Å². The van der Waals surface area contributed by atoms with Gasteiger partial charge in [0.25, 0.3) is 0 Å². The molecule has 1 rings (SSSR count). The predicted molar refractivity (Wildman–Crippen MR) is 69.8 cm³/mol. The molecule has 0 amide bonds. The number of nitrogens with one attached hydrogen (secondary N) is 1. The monoisotopic (exact) mass is 337 g/mol. The zero-order chi connectivity index (χ0) is 11.4. The smallest absolute Gasteiger partial charge is 0.139 e. The Morgan fingerprint density at radius 1 is 1.40 bits per heavy atom. The average molecular weight is 339 g/mol. The van der Waals surface area contributed by atoms with E-state index in [9.17, 15) is 0 Å². The van der Waals surface area contributed by atoms with Gasteiger partial charge in [0.15, 0.2) is 0 Å². The third kappa shape index (κ3) is 3.57. The predicted octanol–water partition coefficient (Wildman–Crippen LogP) is 3.17. The van der Waals surface area contributed by atoms with Gasteiger partial charge in [-0.2, -0.15) is 0 Å². The molecule has 0 atom stereocenters. The highest BCUT2D eigenvalue weighted by Crippen LogP contribution is 2.23. The maximum absolute atomic E-state index is 4.45. The number of rotatable bonds is 5. The molecule has 0 aliphatic carbocycles. The van der Waals surface area contributed by atoms with E-state index < -0.39 is 0 Å². The first-order valence-electron chi connectivity index (χ1n) is 5.17. The summed E-state index contributed by atoms with van der Waals surface area (Å²) in [6, 6.07) is 0. The summed E-state index contributed by atoms with van der Waals surface area (Å²) in [7, 11) is 0. The van der Waals surface area contributed by atoms with Crippen LogP contribution in [0.3, 0.4) is 0 Å². The molecule has 0 aromatic carbocycles. The SMILES string of the molecule is CCn1c(CNCC(C)C)nc(Br)c1Br. The van der Waals surface area contributed by atoms with Crippen LogP contribution in [0.5, 0.6) is 0 Å². The maximum atomic E-state index is 4.45. The summed E-state index contributed by atoms with van der Waals surface area (Å²) in [5, 5.41) is 3.39. The van der Waals surface area contributed by atoms with Crippen molar-refractivity contribution in [3.05, 3.63) is 15.0 Å². The van der Waals surface area contributed by atoms with E-state index in [0.29, 0.717) is 5.92 Å². The van der Waals surface area contributed by atoms with Crippen LogP contribution in [0, 0.1) is 5.92 Å². The van der Waals surface area contributed by atoms with E-state index in [0.717, 1.165) is 34.7 Å². The molecule has 5 heteroatoms. The fourth-order valence-corrected chi connectivity index (χ4v) is 2.34. The van der Waals surface area contributed by atoms with Gasteiger partial charge in [-0.25, -0.2) is 4.98 Å². The molecule has 0 saturated carbocycles. The van der Waals surface area contributed by atoms with Gasteiger partial charge >= 0.3 is 0 Å². The first kappa shape index (κ1) is 13.2. The summed E-state index contributed by atoms with van der Waals surface area (Å²) < 4.78 is 4.05. The molecule has 1 aromatic heterocycles. The largest absolute Gasteiger partial charge is 0.321 e. The van der Waals surface area contributed by atoms with Crippen molar-refractivity contribution < 1.29 is 0 Å². The second kappa shape index (κ2) is 6.01. The highest BCUT2D eigenvalue weighted by molar-refractivity contribution is 9.13. The lowest BCUT2D eigenvalue weighted by Crippen LogP contribution is -2.21. The number of nitrogens with zero attached hydrogens (tertiary/aromatic N) is 2. The van der Waals surface area contributed by atoms with Crippen molar-refractivity contribution in [1.29, 1.82) is 0 Å². The lowest BCUT2D eigenvalue weighted by molar-refractivity contribution is 0.529. The Balaban J connectivity index is 2.64. The molecule has 0 radical (unpaired) electrons. The Labute approximate surface area is 108 Å². The van der Waals surface area contributed by atoms with Crippen molar-refractivity contribution in [2.45, 2.75) is 33.9 Å². The molecule has 15 heavy (non-hydrogen) atoms. The van der Waals surface area contributed by atoms with Crippen LogP contribution in [0.1, 0.15) is 26.6 Å². The van der Waals surface area contributed by atoms with Crippen molar-refractivity contribution in [2.75, 3.05) is 6.54 Å². The maximum Gasteiger partial charge on any atom is 0.139 e. The molecule has 0 saturated heterocycles. The van der Waals surface area contributed by atoms with E-state index in [2.05, 4.69) is 67.5 Å². The van der Waals surface area contributed by atoms with Crippen molar-refractivity contribution in [2.24, 2.45) is 5.92 Å². The molecule has 1 aromatic rings. The second-order valence-electron chi connectivity index (χ2n) is 3.88. The molecule has 0 bridgehead atoms. The van der Waals surface area contributed by atoms with Gasteiger partial charge in [-0.15, -0.1) is 0 Å². The number of aromatic nitrogens is 2. The van der Waals surface area contributed by atoms with Gasteiger partial charge in [-0.1, -0.05) is 13.8 Å². The van der Waals surface area contributed by atoms with E-state index >= 15 is 0 Å². The fraction of sp³-hybridized carbons (Fsp3) is 0.700. The Bertz CT molecular complexity index is 321. The quantitative estimate of drug-likeness (QED) is 0.893. The first-order chi connectivity index (χ1) is 7.06. The van der Waals surface area contributed by atoms with Crippen LogP contribution < -0.4 is 5.32 Å². The second-order valence-corrected chi connectivity index (χ2v) is 5.38. The number of halogens is 2. The minimum Gasteiger partial charge on any atom is -0.321 e. The summed E-state index contributed by atoms with van der Waals surface area (Å²) in [4.78, 5) is 4.45. The molecule has 0 aliphatic rings. The van der Waals surface area contributed by atoms with E-state index in [4.69, 9.17) is 0 Å². The molecular formula is C10H17Br2N3. The number of hydrogen-bond donors (Lipinski definition) is 1. The molecule has 0 fully saturated rings. The van der Waals surface area contributed by atoms with E-state index in [1.54, 1.807) is 0 Å². The third-order valence-electron chi connectivity index (χ3n) is 2.10. The van der Waals surface area contributed by atoms with Crippen LogP contribution in [-0.4, -0.2) is 16.1 Å². The highest BCUT2D eigenvalue weighted by atomic mass is 79.9. The van der Waals surface area contributed by atoms with Crippen LogP contribution in [0.2, 0.25) is 0 Å². The minimum absolute atomic E-state index is 0.668. The van der Waals surface area contributed by atoms with Crippen LogP contribution in [0.15, 0.2) is 9.21 Å². The van der Waals surface area contributed by atoms with Crippen molar-refractivity contribution in [1.82, 2.24) is 14.9 Å². The Kier molecular flexibility index (Phi) is 5.29. The van der Waals surface area contributed by atoms with Gasteiger partial charge in [0, 0.05) is 6.54 Å². The Hall–Kier alpha value is 0.130. The van der Waals surface area contributed by atoms with Gasteiger partial charge in [-0.3, -0.25) is 0 Å². The number of imidazole rings is 1. The molecule has 0 aliphatic heterocycles. The van der Waals surface area contributed by atoms with Crippen LogP contribution in [0.25, 0.3) is 0 Å². The molecule has 1 heterocycles. The summed E-state index contributed by atoms with van der Waals surface area (Å²) in [5.74, 6) is 1.74. The fourth-order valence-electron chi connectivity index (χ4n) is 1.37. The van der Waals surface area contributed by atoms with Gasteiger partial charge < -0.3 is 9.88 Å². The molecule has 3 nitrogen and oxygen atoms in total. The van der Waals surface area contributed by atoms with Crippen LogP contribution in [-0.2, 0) is 13.1 Å². The van der Waals surface area contributed by atoms with Crippen molar-refractivity contribution in [3.63, 3.8) is 0 Å². The first-order valence-corrected chi connectivity index (χ1v) is 6.76. The molecule has 86 valence electrons. The van der Waals surface area contributed by atoms with Gasteiger partial charge in [0.1, 0.15) is 15.0 Å². The van der Waals surface area contributed by atoms with Crippen molar-refractivity contribution in [3.8, 4) is 0 Å².